The van der Waals surface area contributed by atoms with Gasteiger partial charge in [-0.25, -0.2) is 9.20 Å². The van der Waals surface area contributed by atoms with E-state index >= 15 is 0 Å². The molecule has 0 aliphatic heterocycles. The minimum absolute atomic E-state index is 0.140. The number of benzene rings is 1. The number of anilines is 1. The Morgan fingerprint density at radius 2 is 2.00 bits per heavy atom. The predicted molar refractivity (Wildman–Crippen MR) is 119 cm³/mol. The number of rotatable bonds is 5. The molecule has 3 aromatic heterocycles. The monoisotopic (exact) mass is 475 g/mol. The van der Waals surface area contributed by atoms with Crippen LogP contribution in [0.2, 0.25) is 0 Å². The number of halogens is 3. The fraction of sp³-hybridized carbons (Fsp3) is 0.455. The van der Waals surface area contributed by atoms with Crippen molar-refractivity contribution in [3.63, 3.8) is 0 Å². The van der Waals surface area contributed by atoms with Crippen LogP contribution in [0.5, 0.6) is 5.88 Å². The highest BCUT2D eigenvalue weighted by molar-refractivity contribution is 5.89. The first-order valence-electron chi connectivity index (χ1n) is 10.9. The second-order valence-corrected chi connectivity index (χ2v) is 8.95. The van der Waals surface area contributed by atoms with E-state index in [0.717, 1.165) is 17.5 Å². The summed E-state index contributed by atoms with van der Waals surface area (Å²) in [5.41, 5.74) is 1.98. The van der Waals surface area contributed by atoms with Crippen LogP contribution in [0.3, 0.4) is 0 Å². The van der Waals surface area contributed by atoms with Crippen molar-refractivity contribution in [2.24, 2.45) is 0 Å². The van der Waals surface area contributed by atoms with Crippen molar-refractivity contribution in [1.29, 1.82) is 0 Å². The number of hydrogen-bond donors (Lipinski definition) is 2. The van der Waals surface area contributed by atoms with E-state index in [4.69, 9.17) is 4.74 Å². The van der Waals surface area contributed by atoms with Crippen molar-refractivity contribution < 1.29 is 23.0 Å². The lowest BCUT2D eigenvalue weighted by atomic mass is 9.84. The highest BCUT2D eigenvalue weighted by Gasteiger charge is 2.30. The zero-order chi connectivity index (χ0) is 24.1. The molecule has 1 saturated carbocycles. The molecule has 5 rings (SSSR count). The maximum atomic E-state index is 12.9. The molecule has 9 nitrogen and oxygen atoms in total. The third-order valence-corrected chi connectivity index (χ3v) is 6.22. The van der Waals surface area contributed by atoms with Crippen molar-refractivity contribution in [1.82, 2.24) is 29.6 Å². The quantitative estimate of drug-likeness (QED) is 0.452. The average molecular weight is 475 g/mol. The Hall–Kier alpha value is -3.41. The van der Waals surface area contributed by atoms with Crippen LogP contribution in [0.25, 0.3) is 27.7 Å². The number of methoxy groups -OCH3 is 1. The van der Waals surface area contributed by atoms with Gasteiger partial charge in [-0.15, -0.1) is 10.2 Å². The van der Waals surface area contributed by atoms with Gasteiger partial charge in [-0.05, 0) is 56.4 Å². The minimum Gasteiger partial charge on any atom is -0.479 e. The van der Waals surface area contributed by atoms with E-state index in [-0.39, 0.29) is 11.6 Å². The Kier molecular flexibility index (Phi) is 5.34. The van der Waals surface area contributed by atoms with E-state index < -0.39 is 18.3 Å². The summed E-state index contributed by atoms with van der Waals surface area (Å²) in [7, 11) is 1.51. The number of alkyl halides is 3. The lowest BCUT2D eigenvalue weighted by Gasteiger charge is -2.33. The van der Waals surface area contributed by atoms with Gasteiger partial charge in [0.2, 0.25) is 11.8 Å². The average Bonchev–Trinajstić information content (AvgIpc) is 3.37. The molecule has 0 saturated heterocycles. The molecule has 0 radical (unpaired) electrons. The van der Waals surface area contributed by atoms with Crippen molar-refractivity contribution in [3.8, 4) is 17.0 Å². The summed E-state index contributed by atoms with van der Waals surface area (Å²) in [6.45, 7) is 0.626. The van der Waals surface area contributed by atoms with Crippen molar-refractivity contribution >= 4 is 22.5 Å². The number of aliphatic hydroxyl groups is 1. The van der Waals surface area contributed by atoms with E-state index in [0.29, 0.717) is 46.8 Å². The summed E-state index contributed by atoms with van der Waals surface area (Å²) in [5.74, 6) is 0.739. The molecule has 34 heavy (non-hydrogen) atoms. The van der Waals surface area contributed by atoms with Gasteiger partial charge < -0.3 is 15.2 Å². The molecular weight excluding hydrogens is 451 g/mol. The topological polar surface area (TPSA) is 102 Å². The van der Waals surface area contributed by atoms with Gasteiger partial charge in [-0.2, -0.15) is 18.2 Å². The van der Waals surface area contributed by atoms with Gasteiger partial charge in [0.25, 0.3) is 0 Å². The molecule has 0 bridgehead atoms. The van der Waals surface area contributed by atoms with Crippen molar-refractivity contribution in [2.75, 3.05) is 12.4 Å². The van der Waals surface area contributed by atoms with Crippen LogP contribution in [-0.2, 0) is 6.54 Å². The number of hydrogen-bond acceptors (Lipinski definition) is 7. The second-order valence-electron chi connectivity index (χ2n) is 8.95. The zero-order valence-electron chi connectivity index (χ0n) is 18.7. The van der Waals surface area contributed by atoms with Gasteiger partial charge in [0.15, 0.2) is 0 Å². The molecule has 3 heterocycles. The summed E-state index contributed by atoms with van der Waals surface area (Å²) in [5, 5.41) is 25.5. The van der Waals surface area contributed by atoms with Crippen LogP contribution in [0, 0.1) is 0 Å². The molecule has 0 unspecified atom stereocenters. The van der Waals surface area contributed by atoms with E-state index in [1.165, 1.54) is 7.11 Å². The smallest absolute Gasteiger partial charge is 0.408 e. The van der Waals surface area contributed by atoms with Gasteiger partial charge >= 0.3 is 6.18 Å². The first-order chi connectivity index (χ1) is 16.1. The Balaban J connectivity index is 1.49. The fourth-order valence-electron chi connectivity index (χ4n) is 4.41. The third-order valence-electron chi connectivity index (χ3n) is 6.22. The summed E-state index contributed by atoms with van der Waals surface area (Å²) in [6, 6.07) is 6.98. The Morgan fingerprint density at radius 1 is 1.24 bits per heavy atom. The van der Waals surface area contributed by atoms with Gasteiger partial charge in [0.1, 0.15) is 17.6 Å². The molecule has 0 atom stereocenters. The molecular formula is C22H24F3N7O2. The van der Waals surface area contributed by atoms with Gasteiger partial charge in [0.05, 0.1) is 18.2 Å². The number of ether oxygens (including phenoxy) is 1. The zero-order valence-corrected chi connectivity index (χ0v) is 18.7. The minimum atomic E-state index is -4.41. The van der Waals surface area contributed by atoms with Gasteiger partial charge in [-0.1, -0.05) is 11.3 Å². The maximum absolute atomic E-state index is 12.9. The van der Waals surface area contributed by atoms with E-state index in [2.05, 4.69) is 25.7 Å². The maximum Gasteiger partial charge on any atom is 0.408 e. The Labute approximate surface area is 192 Å². The molecule has 1 aromatic carbocycles. The largest absolute Gasteiger partial charge is 0.479 e. The number of fused-ring (bicyclic) bond motifs is 2. The lowest BCUT2D eigenvalue weighted by Crippen LogP contribution is -2.36. The van der Waals surface area contributed by atoms with E-state index in [1.54, 1.807) is 28.9 Å². The fourth-order valence-corrected chi connectivity index (χ4v) is 4.41. The molecule has 12 heteroatoms. The Bertz CT molecular complexity index is 1340. The summed E-state index contributed by atoms with van der Waals surface area (Å²) >= 11 is 0. The molecule has 4 aromatic rings. The van der Waals surface area contributed by atoms with Crippen LogP contribution in [-0.4, -0.2) is 59.6 Å². The highest BCUT2D eigenvalue weighted by Crippen LogP contribution is 2.34. The van der Waals surface area contributed by atoms with Crippen LogP contribution >= 0.6 is 0 Å². The van der Waals surface area contributed by atoms with Crippen molar-refractivity contribution in [3.05, 3.63) is 30.5 Å². The summed E-state index contributed by atoms with van der Waals surface area (Å²) < 4.78 is 46.8. The molecule has 2 N–H and O–H groups in total. The van der Waals surface area contributed by atoms with E-state index in [9.17, 15) is 18.3 Å². The molecule has 0 amide bonds. The normalized spacial score (nSPS) is 21.3. The van der Waals surface area contributed by atoms with E-state index in [1.807, 2.05) is 13.0 Å². The second kappa shape index (κ2) is 8.12. The predicted octanol–water partition coefficient (Wildman–Crippen LogP) is 3.82. The standard InChI is InChI=1S/C22H24F3N7O2/c1-21(33)8-5-14(6-9-21)26-20-27-19(34-2)18-15(7-10-31(18)29-20)13-3-4-16-17(11-13)32(30-28-16)12-22(23,24)25/h3-4,7,10-11,14,33H,5-6,8-9,12H2,1-2H3,(H,26,29)/t14-,21+. The lowest BCUT2D eigenvalue weighted by molar-refractivity contribution is -0.142. The molecule has 1 aliphatic rings. The van der Waals surface area contributed by atoms with Gasteiger partial charge in [0, 0.05) is 17.8 Å². The third kappa shape index (κ3) is 4.37. The number of nitrogens with zero attached hydrogens (tertiary/aromatic N) is 6. The van der Waals surface area contributed by atoms with Crippen molar-refractivity contribution in [2.45, 2.75) is 57.0 Å². The first kappa shape index (κ1) is 22.4. The first-order valence-corrected chi connectivity index (χ1v) is 10.9. The number of nitrogens with one attached hydrogen (secondary N) is 1. The highest BCUT2D eigenvalue weighted by atomic mass is 19.4. The van der Waals surface area contributed by atoms with Crippen LogP contribution in [0.15, 0.2) is 30.5 Å². The summed E-state index contributed by atoms with van der Waals surface area (Å²) in [6.07, 6.45) is 0.329. The van der Waals surface area contributed by atoms with Crippen LogP contribution < -0.4 is 10.1 Å². The molecule has 0 spiro atoms. The summed E-state index contributed by atoms with van der Waals surface area (Å²) in [4.78, 5) is 4.52. The van der Waals surface area contributed by atoms with Crippen LogP contribution in [0.1, 0.15) is 32.6 Å². The molecule has 1 fully saturated rings. The molecule has 180 valence electrons. The van der Waals surface area contributed by atoms with Gasteiger partial charge in [-0.3, -0.25) is 0 Å². The number of aromatic nitrogens is 6. The van der Waals surface area contributed by atoms with Crippen LogP contribution in [0.4, 0.5) is 19.1 Å². The Morgan fingerprint density at radius 3 is 2.71 bits per heavy atom. The molecule has 1 aliphatic carbocycles. The SMILES string of the molecule is COc1nc(N[C@H]2CC[C@@](C)(O)CC2)nn2ccc(-c3ccc4nnn(CC(F)(F)F)c4c3)c12.